The zero-order valence-electron chi connectivity index (χ0n) is 14.6. The zero-order chi connectivity index (χ0) is 19.0. The third-order valence-electron chi connectivity index (χ3n) is 5.01. The number of carbonyl (C=O) groups excluding carboxylic acids is 3. The van der Waals surface area contributed by atoms with Gasteiger partial charge in [0.2, 0.25) is 5.91 Å². The molecule has 2 aliphatic rings. The fourth-order valence-corrected chi connectivity index (χ4v) is 3.26. The van der Waals surface area contributed by atoms with E-state index in [4.69, 9.17) is 0 Å². The molecule has 1 atom stereocenters. The number of benzene rings is 2. The quantitative estimate of drug-likeness (QED) is 0.799. The number of hydrogen-bond acceptors (Lipinski definition) is 3. The van der Waals surface area contributed by atoms with Gasteiger partial charge >= 0.3 is 0 Å². The average Bonchev–Trinajstić information content (AvgIpc) is 3.45. The number of Topliss-reactive ketones (excluding diaryl/α,β-unsaturated/α-hetero) is 1. The summed E-state index contributed by atoms with van der Waals surface area (Å²) in [4.78, 5) is 35.8. The summed E-state index contributed by atoms with van der Waals surface area (Å²) in [6, 6.07) is 10.5. The molecule has 2 aromatic rings. The molecule has 2 N–H and O–H groups in total. The van der Waals surface area contributed by atoms with Crippen LogP contribution < -0.4 is 10.6 Å². The summed E-state index contributed by atoms with van der Waals surface area (Å²) in [5, 5.41) is 5.36. The molecular weight excluding hydrogens is 347 g/mol. The molecule has 2 fully saturated rings. The van der Waals surface area contributed by atoms with Gasteiger partial charge in [0.05, 0.1) is 0 Å². The van der Waals surface area contributed by atoms with E-state index in [1.54, 1.807) is 36.4 Å². The Kier molecular flexibility index (Phi) is 4.48. The van der Waals surface area contributed by atoms with Crippen LogP contribution in [0.5, 0.6) is 0 Å². The van der Waals surface area contributed by atoms with E-state index in [9.17, 15) is 18.8 Å². The van der Waals surface area contributed by atoms with Gasteiger partial charge in [-0.2, -0.15) is 0 Å². The van der Waals surface area contributed by atoms with Crippen LogP contribution in [0.3, 0.4) is 0 Å². The Labute approximate surface area is 156 Å². The molecule has 138 valence electrons. The summed E-state index contributed by atoms with van der Waals surface area (Å²) in [7, 11) is 0. The van der Waals surface area contributed by atoms with Gasteiger partial charge in [0.15, 0.2) is 5.78 Å². The molecule has 2 amide bonds. The van der Waals surface area contributed by atoms with Gasteiger partial charge in [-0.3, -0.25) is 14.4 Å². The Bertz CT molecular complexity index is 920. The van der Waals surface area contributed by atoms with Gasteiger partial charge < -0.3 is 10.6 Å². The molecule has 1 aliphatic heterocycles. The monoisotopic (exact) mass is 366 g/mol. The first-order valence-corrected chi connectivity index (χ1v) is 9.06. The highest BCUT2D eigenvalue weighted by molar-refractivity contribution is 6.00. The molecule has 27 heavy (non-hydrogen) atoms. The van der Waals surface area contributed by atoms with Crippen molar-refractivity contribution in [2.75, 3.05) is 6.54 Å². The second kappa shape index (κ2) is 6.95. The van der Waals surface area contributed by atoms with Crippen molar-refractivity contribution in [3.8, 4) is 11.1 Å². The summed E-state index contributed by atoms with van der Waals surface area (Å²) in [6.45, 7) is 0.557. The van der Waals surface area contributed by atoms with Crippen molar-refractivity contribution >= 4 is 17.6 Å². The van der Waals surface area contributed by atoms with Crippen LogP contribution in [0.15, 0.2) is 42.5 Å². The molecule has 0 radical (unpaired) electrons. The van der Waals surface area contributed by atoms with Gasteiger partial charge in [0.25, 0.3) is 5.91 Å². The fourth-order valence-electron chi connectivity index (χ4n) is 3.26. The van der Waals surface area contributed by atoms with Crippen molar-refractivity contribution in [3.63, 3.8) is 0 Å². The number of ketones is 1. The maximum Gasteiger partial charge on any atom is 0.251 e. The highest BCUT2D eigenvalue weighted by atomic mass is 19.1. The van der Waals surface area contributed by atoms with E-state index in [0.717, 1.165) is 12.8 Å². The SMILES string of the molecule is O=C(NC1CCNC1=O)c1ccc(-c2ccc(C(=O)C3CC3)cc2F)cc1. The summed E-state index contributed by atoms with van der Waals surface area (Å²) in [5.74, 6) is -0.919. The topological polar surface area (TPSA) is 75.3 Å². The van der Waals surface area contributed by atoms with Gasteiger partial charge in [-0.25, -0.2) is 4.39 Å². The molecule has 6 heteroatoms. The summed E-state index contributed by atoms with van der Waals surface area (Å²) >= 11 is 0. The summed E-state index contributed by atoms with van der Waals surface area (Å²) < 4.78 is 14.5. The van der Waals surface area contributed by atoms with Crippen LogP contribution in [0.25, 0.3) is 11.1 Å². The molecule has 5 nitrogen and oxygen atoms in total. The summed E-state index contributed by atoms with van der Waals surface area (Å²) in [6.07, 6.45) is 2.34. The maximum atomic E-state index is 14.5. The molecule has 0 spiro atoms. The van der Waals surface area contributed by atoms with Crippen molar-refractivity contribution in [2.24, 2.45) is 5.92 Å². The number of nitrogens with one attached hydrogen (secondary N) is 2. The van der Waals surface area contributed by atoms with Crippen molar-refractivity contribution in [1.82, 2.24) is 10.6 Å². The minimum atomic E-state index is -0.508. The highest BCUT2D eigenvalue weighted by Crippen LogP contribution is 2.33. The standard InChI is InChI=1S/C21H19FN2O3/c22-17-11-15(19(25)13-3-4-13)7-8-16(17)12-1-5-14(6-2-12)20(26)24-18-9-10-23-21(18)27/h1-2,5-8,11,13,18H,3-4,9-10H2,(H,23,27)(H,24,26). The fraction of sp³-hybridized carbons (Fsp3) is 0.286. The predicted octanol–water partition coefficient (Wildman–Crippen LogP) is 2.70. The number of carbonyl (C=O) groups is 3. The molecule has 1 unspecified atom stereocenters. The van der Waals surface area contributed by atoms with E-state index < -0.39 is 11.9 Å². The van der Waals surface area contributed by atoms with Crippen LogP contribution in [0, 0.1) is 11.7 Å². The van der Waals surface area contributed by atoms with Crippen LogP contribution in [0.1, 0.15) is 40.0 Å². The van der Waals surface area contributed by atoms with Gasteiger partial charge in [-0.15, -0.1) is 0 Å². The Balaban J connectivity index is 1.49. The van der Waals surface area contributed by atoms with Gasteiger partial charge in [0.1, 0.15) is 11.9 Å². The first-order chi connectivity index (χ1) is 13.0. The van der Waals surface area contributed by atoms with Crippen LogP contribution >= 0.6 is 0 Å². The van der Waals surface area contributed by atoms with Crippen molar-refractivity contribution in [3.05, 3.63) is 59.4 Å². The molecule has 1 heterocycles. The predicted molar refractivity (Wildman–Crippen MR) is 97.8 cm³/mol. The van der Waals surface area contributed by atoms with Gasteiger partial charge in [-0.1, -0.05) is 24.3 Å². The second-order valence-corrected chi connectivity index (χ2v) is 7.02. The molecule has 1 aliphatic carbocycles. The van der Waals surface area contributed by atoms with E-state index >= 15 is 0 Å². The lowest BCUT2D eigenvalue weighted by molar-refractivity contribution is -0.120. The second-order valence-electron chi connectivity index (χ2n) is 7.02. The molecule has 0 bridgehead atoms. The average molecular weight is 366 g/mol. The van der Waals surface area contributed by atoms with Crippen molar-refractivity contribution in [2.45, 2.75) is 25.3 Å². The lowest BCUT2D eigenvalue weighted by Gasteiger charge is -2.11. The zero-order valence-corrected chi connectivity index (χ0v) is 14.6. The number of halogens is 1. The molecule has 4 rings (SSSR count). The minimum absolute atomic E-state index is 0.00317. The molecule has 1 saturated heterocycles. The van der Waals surface area contributed by atoms with E-state index in [2.05, 4.69) is 10.6 Å². The Morgan fingerprint density at radius 2 is 1.70 bits per heavy atom. The number of hydrogen-bond donors (Lipinski definition) is 2. The van der Waals surface area contributed by atoms with Gasteiger partial charge in [0, 0.05) is 29.2 Å². The lowest BCUT2D eigenvalue weighted by atomic mass is 9.99. The first-order valence-electron chi connectivity index (χ1n) is 9.06. The Morgan fingerprint density at radius 1 is 1.00 bits per heavy atom. The van der Waals surface area contributed by atoms with Crippen molar-refractivity contribution < 1.29 is 18.8 Å². The maximum absolute atomic E-state index is 14.5. The molecular formula is C21H19FN2O3. The van der Waals surface area contributed by atoms with Gasteiger partial charge in [-0.05, 0) is 43.0 Å². The van der Waals surface area contributed by atoms with Crippen LogP contribution in [0.2, 0.25) is 0 Å². The Hall–Kier alpha value is -3.02. The third-order valence-corrected chi connectivity index (χ3v) is 5.01. The lowest BCUT2D eigenvalue weighted by Crippen LogP contribution is -2.40. The highest BCUT2D eigenvalue weighted by Gasteiger charge is 2.30. The van der Waals surface area contributed by atoms with E-state index in [-0.39, 0.29) is 23.5 Å². The molecule has 2 aromatic carbocycles. The van der Waals surface area contributed by atoms with Crippen LogP contribution in [-0.2, 0) is 4.79 Å². The largest absolute Gasteiger partial charge is 0.354 e. The normalized spacial score (nSPS) is 18.9. The smallest absolute Gasteiger partial charge is 0.251 e. The minimum Gasteiger partial charge on any atom is -0.354 e. The van der Waals surface area contributed by atoms with Crippen LogP contribution in [0.4, 0.5) is 4.39 Å². The molecule has 0 aromatic heterocycles. The van der Waals surface area contributed by atoms with Crippen LogP contribution in [-0.4, -0.2) is 30.2 Å². The van der Waals surface area contributed by atoms with E-state index in [1.807, 2.05) is 0 Å². The van der Waals surface area contributed by atoms with Crippen molar-refractivity contribution in [1.29, 1.82) is 0 Å². The van der Waals surface area contributed by atoms with E-state index in [1.165, 1.54) is 6.07 Å². The molecule has 1 saturated carbocycles. The number of rotatable bonds is 5. The summed E-state index contributed by atoms with van der Waals surface area (Å²) in [5.41, 5.74) is 1.81. The first kappa shape index (κ1) is 17.4. The third kappa shape index (κ3) is 3.60. The number of amides is 2. The Morgan fingerprint density at radius 3 is 2.30 bits per heavy atom. The van der Waals surface area contributed by atoms with E-state index in [0.29, 0.717) is 35.2 Å².